The number of nitrogens with one attached hydrogen (secondary N) is 1. The van der Waals surface area contributed by atoms with Crippen LogP contribution in [0.3, 0.4) is 0 Å². The van der Waals surface area contributed by atoms with E-state index in [-0.39, 0.29) is 17.7 Å². The van der Waals surface area contributed by atoms with Gasteiger partial charge in [-0.05, 0) is 85.7 Å². The number of carbonyl (C=O) groups is 2. The molecule has 37 heavy (non-hydrogen) atoms. The van der Waals surface area contributed by atoms with Crippen LogP contribution in [0.15, 0.2) is 67.0 Å². The lowest BCUT2D eigenvalue weighted by molar-refractivity contribution is -0.133. The van der Waals surface area contributed by atoms with Crippen LogP contribution in [0.4, 0.5) is 11.4 Å². The second-order valence-corrected chi connectivity index (χ2v) is 10.00. The fourth-order valence-electron chi connectivity index (χ4n) is 4.95. The first-order valence-corrected chi connectivity index (χ1v) is 13.3. The highest BCUT2D eigenvalue weighted by Crippen LogP contribution is 2.35. The number of aromatic nitrogens is 1. The van der Waals surface area contributed by atoms with E-state index in [4.69, 9.17) is 5.73 Å². The molecule has 7 heteroatoms. The van der Waals surface area contributed by atoms with Crippen molar-refractivity contribution in [1.82, 2.24) is 9.88 Å². The van der Waals surface area contributed by atoms with Gasteiger partial charge in [0.05, 0.1) is 16.9 Å². The molecule has 3 aromatic rings. The van der Waals surface area contributed by atoms with Gasteiger partial charge >= 0.3 is 0 Å². The summed E-state index contributed by atoms with van der Waals surface area (Å²) in [5, 5.41) is 3.13. The van der Waals surface area contributed by atoms with Gasteiger partial charge in [0.2, 0.25) is 5.91 Å². The van der Waals surface area contributed by atoms with Gasteiger partial charge in [-0.25, -0.2) is 0 Å². The minimum atomic E-state index is -0.173. The Labute approximate surface area is 218 Å². The predicted octanol–water partition coefficient (Wildman–Crippen LogP) is 4.69. The maximum atomic E-state index is 13.0. The van der Waals surface area contributed by atoms with Crippen LogP contribution in [0.1, 0.15) is 48.0 Å². The molecule has 1 aromatic heterocycles. The molecule has 7 nitrogen and oxygen atoms in total. The molecule has 2 fully saturated rings. The summed E-state index contributed by atoms with van der Waals surface area (Å²) < 4.78 is 0. The van der Waals surface area contributed by atoms with Crippen LogP contribution in [0.5, 0.6) is 0 Å². The highest BCUT2D eigenvalue weighted by Gasteiger charge is 2.33. The molecule has 2 heterocycles. The average Bonchev–Trinajstić information content (AvgIpc) is 3.65. The minimum absolute atomic E-state index is 0.173. The highest BCUT2D eigenvalue weighted by molar-refractivity contribution is 6.06. The minimum Gasteiger partial charge on any atom is -0.370 e. The van der Waals surface area contributed by atoms with Crippen molar-refractivity contribution >= 4 is 23.2 Å². The lowest BCUT2D eigenvalue weighted by Gasteiger charge is -2.24. The van der Waals surface area contributed by atoms with E-state index in [1.54, 1.807) is 24.5 Å². The average molecular weight is 498 g/mol. The van der Waals surface area contributed by atoms with Crippen LogP contribution in [0, 0.1) is 5.92 Å². The fourth-order valence-corrected chi connectivity index (χ4v) is 4.95. The normalized spacial score (nSPS) is 15.0. The van der Waals surface area contributed by atoms with E-state index >= 15 is 0 Å². The molecular weight excluding hydrogens is 462 g/mol. The monoisotopic (exact) mass is 497 g/mol. The molecule has 0 unspecified atom stereocenters. The Hall–Kier alpha value is -3.71. The smallest absolute Gasteiger partial charge is 0.257 e. The second-order valence-electron chi connectivity index (χ2n) is 10.00. The molecule has 1 saturated carbocycles. The van der Waals surface area contributed by atoms with E-state index in [9.17, 15) is 9.59 Å². The maximum absolute atomic E-state index is 13.0. The first-order valence-electron chi connectivity index (χ1n) is 13.3. The molecule has 2 aliphatic rings. The molecule has 0 spiro atoms. The summed E-state index contributed by atoms with van der Waals surface area (Å²) in [6.45, 7) is 3.81. The van der Waals surface area contributed by atoms with Gasteiger partial charge in [0.1, 0.15) is 0 Å². The summed E-state index contributed by atoms with van der Waals surface area (Å²) >= 11 is 0. The Morgan fingerprint density at radius 3 is 2.57 bits per heavy atom. The quantitative estimate of drug-likeness (QED) is 0.424. The van der Waals surface area contributed by atoms with Crippen LogP contribution < -0.4 is 16.0 Å². The molecule has 3 N–H and O–H groups in total. The Morgan fingerprint density at radius 1 is 1.03 bits per heavy atom. The van der Waals surface area contributed by atoms with Gasteiger partial charge < -0.3 is 20.9 Å². The number of anilines is 2. The van der Waals surface area contributed by atoms with Crippen LogP contribution in [0.25, 0.3) is 11.1 Å². The maximum Gasteiger partial charge on any atom is 0.257 e. The third kappa shape index (κ3) is 6.17. The molecule has 2 amide bonds. The summed E-state index contributed by atoms with van der Waals surface area (Å²) in [6.07, 6.45) is 8.34. The molecule has 1 aliphatic heterocycles. The molecule has 1 saturated heterocycles. The molecule has 0 radical (unpaired) electrons. The zero-order chi connectivity index (χ0) is 25.6. The van der Waals surface area contributed by atoms with E-state index in [1.807, 2.05) is 11.0 Å². The second kappa shape index (κ2) is 11.6. The number of amides is 2. The van der Waals surface area contributed by atoms with Gasteiger partial charge in [-0.15, -0.1) is 0 Å². The van der Waals surface area contributed by atoms with E-state index in [1.165, 1.54) is 0 Å². The van der Waals surface area contributed by atoms with E-state index in [2.05, 4.69) is 51.6 Å². The molecule has 5 rings (SSSR count). The van der Waals surface area contributed by atoms with Crippen molar-refractivity contribution in [3.63, 3.8) is 0 Å². The lowest BCUT2D eigenvalue weighted by atomic mass is 10.0. The van der Waals surface area contributed by atoms with Gasteiger partial charge in [-0.1, -0.05) is 24.3 Å². The van der Waals surface area contributed by atoms with Crippen molar-refractivity contribution in [1.29, 1.82) is 0 Å². The Morgan fingerprint density at radius 2 is 1.84 bits per heavy atom. The Bertz CT molecular complexity index is 1240. The van der Waals surface area contributed by atoms with Crippen LogP contribution >= 0.6 is 0 Å². The van der Waals surface area contributed by atoms with Gasteiger partial charge in [0.25, 0.3) is 5.91 Å². The molecule has 192 valence electrons. The van der Waals surface area contributed by atoms with Crippen LogP contribution in [-0.4, -0.2) is 47.9 Å². The standard InChI is InChI=1S/C30H35N5O2/c31-13-5-17-35(30(37)23-9-10-23)21-22-6-3-7-24(18-22)25-11-12-28(34-15-1-2-16-34)27(19-25)33-29(36)26-8-4-14-32-20-26/h3-4,6-8,11-12,14,18-20,23H,1-2,5,9-10,13,15-17,21,31H2,(H,33,36). The summed E-state index contributed by atoms with van der Waals surface area (Å²) in [4.78, 5) is 34.2. The third-order valence-corrected chi connectivity index (χ3v) is 7.12. The molecule has 1 aliphatic carbocycles. The number of hydrogen-bond donors (Lipinski definition) is 2. The first-order chi connectivity index (χ1) is 18.1. The third-order valence-electron chi connectivity index (χ3n) is 7.12. The van der Waals surface area contributed by atoms with E-state index in [0.717, 1.165) is 73.3 Å². The zero-order valence-corrected chi connectivity index (χ0v) is 21.2. The Kier molecular flexibility index (Phi) is 7.80. The number of nitrogens with zero attached hydrogens (tertiary/aromatic N) is 3. The van der Waals surface area contributed by atoms with Crippen molar-refractivity contribution in [3.05, 3.63) is 78.1 Å². The predicted molar refractivity (Wildman–Crippen MR) is 147 cm³/mol. The molecular formula is C30H35N5O2. The number of pyridine rings is 1. The van der Waals surface area contributed by atoms with Gasteiger partial charge in [-0.2, -0.15) is 0 Å². The number of benzene rings is 2. The topological polar surface area (TPSA) is 91.6 Å². The SMILES string of the molecule is NCCCN(Cc1cccc(-c2ccc(N3CCCC3)c(NC(=O)c3cccnc3)c2)c1)C(=O)C1CC1. The van der Waals surface area contributed by atoms with Crippen LogP contribution in [-0.2, 0) is 11.3 Å². The van der Waals surface area contributed by atoms with Crippen LogP contribution in [0.2, 0.25) is 0 Å². The Balaban J connectivity index is 1.41. The highest BCUT2D eigenvalue weighted by atomic mass is 16.2. The molecule has 0 bridgehead atoms. The number of nitrogens with two attached hydrogens (primary N) is 1. The number of carbonyl (C=O) groups excluding carboxylic acids is 2. The van der Waals surface area contributed by atoms with Crippen molar-refractivity contribution in [3.8, 4) is 11.1 Å². The van der Waals surface area contributed by atoms with E-state index in [0.29, 0.717) is 25.2 Å². The summed E-state index contributed by atoms with van der Waals surface area (Å²) in [6, 6.07) is 18.2. The van der Waals surface area contributed by atoms with E-state index < -0.39 is 0 Å². The van der Waals surface area contributed by atoms with Crippen molar-refractivity contribution in [2.45, 2.75) is 38.6 Å². The molecule has 0 atom stereocenters. The van der Waals surface area contributed by atoms with Gasteiger partial charge in [0.15, 0.2) is 0 Å². The fraction of sp³-hybridized carbons (Fsp3) is 0.367. The first kappa shape index (κ1) is 25.0. The molecule has 2 aromatic carbocycles. The van der Waals surface area contributed by atoms with Crippen molar-refractivity contribution in [2.24, 2.45) is 11.7 Å². The number of hydrogen-bond acceptors (Lipinski definition) is 5. The summed E-state index contributed by atoms with van der Waals surface area (Å²) in [5.41, 5.74) is 11.3. The lowest BCUT2D eigenvalue weighted by Crippen LogP contribution is -2.33. The van der Waals surface area contributed by atoms with Crippen molar-refractivity contribution in [2.75, 3.05) is 36.4 Å². The van der Waals surface area contributed by atoms with Crippen molar-refractivity contribution < 1.29 is 9.59 Å². The summed E-state index contributed by atoms with van der Waals surface area (Å²) in [7, 11) is 0. The largest absolute Gasteiger partial charge is 0.370 e. The zero-order valence-electron chi connectivity index (χ0n) is 21.2. The van der Waals surface area contributed by atoms with Gasteiger partial charge in [0, 0.05) is 44.5 Å². The summed E-state index contributed by atoms with van der Waals surface area (Å²) in [5.74, 6) is 0.257. The number of rotatable bonds is 10. The van der Waals surface area contributed by atoms with Gasteiger partial charge in [-0.3, -0.25) is 14.6 Å².